The van der Waals surface area contributed by atoms with Gasteiger partial charge in [0.15, 0.2) is 0 Å². The molecule has 0 aliphatic rings. The zero-order valence-corrected chi connectivity index (χ0v) is 16.7. The molecule has 8 heteroatoms. The lowest BCUT2D eigenvalue weighted by molar-refractivity contribution is 0.102. The molecule has 0 saturated heterocycles. The average Bonchev–Trinajstić information content (AvgIpc) is 3.39. The van der Waals surface area contributed by atoms with E-state index < -0.39 is 0 Å². The van der Waals surface area contributed by atoms with E-state index in [2.05, 4.69) is 20.4 Å². The third-order valence-corrected chi connectivity index (χ3v) is 4.70. The second-order valence-electron chi connectivity index (χ2n) is 6.82. The van der Waals surface area contributed by atoms with Crippen LogP contribution in [-0.4, -0.2) is 30.2 Å². The normalized spacial score (nSPS) is 11.0. The van der Waals surface area contributed by atoms with E-state index in [-0.39, 0.29) is 11.8 Å². The van der Waals surface area contributed by atoms with Gasteiger partial charge in [0.1, 0.15) is 12.1 Å². The molecule has 1 amide bonds. The molecule has 4 rings (SSSR count). The van der Waals surface area contributed by atoms with Gasteiger partial charge in [-0.25, -0.2) is 14.6 Å². The first-order valence-electron chi connectivity index (χ1n) is 9.12. The first kappa shape index (κ1) is 18.9. The Labute approximate surface area is 173 Å². The molecule has 0 atom stereocenters. The van der Waals surface area contributed by atoms with Crippen molar-refractivity contribution < 1.29 is 4.79 Å². The summed E-state index contributed by atoms with van der Waals surface area (Å²) < 4.78 is 3.56. The lowest BCUT2D eigenvalue weighted by Crippen LogP contribution is -2.15. The molecule has 1 aromatic carbocycles. The summed E-state index contributed by atoms with van der Waals surface area (Å²) in [7, 11) is 0. The standard InChI is InChI=1S/C21H19ClN6O/c1-14(2)20-18(12-25-28(20)17-6-3-15(22)4-7-17)21(29)26-16-5-8-19(24-11-16)27-10-9-23-13-27/h3-14H,1-2H3,(H,26,29). The van der Waals surface area contributed by atoms with Crippen molar-refractivity contribution in [2.24, 2.45) is 0 Å². The van der Waals surface area contributed by atoms with Crippen LogP contribution in [0.15, 0.2) is 67.5 Å². The maximum Gasteiger partial charge on any atom is 0.259 e. The van der Waals surface area contributed by atoms with Gasteiger partial charge in [-0.2, -0.15) is 5.10 Å². The lowest BCUT2D eigenvalue weighted by Gasteiger charge is -2.13. The fraction of sp³-hybridized carbons (Fsp3) is 0.143. The number of halogens is 1. The maximum atomic E-state index is 12.9. The number of hydrogen-bond donors (Lipinski definition) is 1. The Balaban J connectivity index is 1.59. The molecular formula is C21H19ClN6O. The van der Waals surface area contributed by atoms with Crippen molar-refractivity contribution in [3.63, 3.8) is 0 Å². The molecule has 29 heavy (non-hydrogen) atoms. The average molecular weight is 407 g/mol. The van der Waals surface area contributed by atoms with Gasteiger partial charge in [0, 0.05) is 17.4 Å². The number of carbonyl (C=O) groups is 1. The summed E-state index contributed by atoms with van der Waals surface area (Å²) in [6.07, 6.45) is 8.36. The van der Waals surface area contributed by atoms with E-state index in [0.717, 1.165) is 17.2 Å². The Morgan fingerprint density at radius 2 is 1.90 bits per heavy atom. The van der Waals surface area contributed by atoms with Crippen molar-refractivity contribution in [3.05, 3.63) is 83.8 Å². The number of nitrogens with one attached hydrogen (secondary N) is 1. The van der Waals surface area contributed by atoms with Gasteiger partial charge in [0.25, 0.3) is 5.91 Å². The largest absolute Gasteiger partial charge is 0.320 e. The molecule has 0 bridgehead atoms. The van der Waals surface area contributed by atoms with Crippen LogP contribution in [0.4, 0.5) is 5.69 Å². The molecule has 4 aromatic rings. The van der Waals surface area contributed by atoms with Crippen molar-refractivity contribution in [1.29, 1.82) is 0 Å². The van der Waals surface area contributed by atoms with Crippen molar-refractivity contribution in [1.82, 2.24) is 24.3 Å². The van der Waals surface area contributed by atoms with Gasteiger partial charge in [-0.05, 0) is 42.3 Å². The molecule has 1 N–H and O–H groups in total. The molecule has 0 saturated carbocycles. The van der Waals surface area contributed by atoms with Gasteiger partial charge in [-0.15, -0.1) is 0 Å². The predicted octanol–water partition coefficient (Wildman–Crippen LogP) is 4.48. The second-order valence-corrected chi connectivity index (χ2v) is 7.25. The lowest BCUT2D eigenvalue weighted by atomic mass is 10.0. The topological polar surface area (TPSA) is 77.6 Å². The van der Waals surface area contributed by atoms with Crippen LogP contribution in [0.5, 0.6) is 0 Å². The number of amides is 1. The summed E-state index contributed by atoms with van der Waals surface area (Å²) in [5.41, 5.74) is 2.80. The highest BCUT2D eigenvalue weighted by Gasteiger charge is 2.21. The molecule has 3 heterocycles. The van der Waals surface area contributed by atoms with Crippen LogP contribution < -0.4 is 5.32 Å². The fourth-order valence-electron chi connectivity index (χ4n) is 3.08. The fourth-order valence-corrected chi connectivity index (χ4v) is 3.21. The number of imidazole rings is 1. The summed E-state index contributed by atoms with van der Waals surface area (Å²) in [6, 6.07) is 11.0. The van der Waals surface area contributed by atoms with E-state index in [4.69, 9.17) is 11.6 Å². The molecule has 0 fully saturated rings. The number of benzene rings is 1. The van der Waals surface area contributed by atoms with Crippen LogP contribution in [0.2, 0.25) is 5.02 Å². The van der Waals surface area contributed by atoms with Crippen molar-refractivity contribution in [3.8, 4) is 11.5 Å². The van der Waals surface area contributed by atoms with Crippen LogP contribution >= 0.6 is 11.6 Å². The SMILES string of the molecule is CC(C)c1c(C(=O)Nc2ccc(-n3ccnc3)nc2)cnn1-c1ccc(Cl)cc1. The molecule has 0 aliphatic carbocycles. The molecule has 7 nitrogen and oxygen atoms in total. The van der Waals surface area contributed by atoms with E-state index in [0.29, 0.717) is 16.3 Å². The minimum atomic E-state index is -0.230. The van der Waals surface area contributed by atoms with Gasteiger partial charge < -0.3 is 5.32 Å². The number of aromatic nitrogens is 5. The first-order chi connectivity index (χ1) is 14.0. The van der Waals surface area contributed by atoms with E-state index >= 15 is 0 Å². The highest BCUT2D eigenvalue weighted by atomic mass is 35.5. The molecule has 0 spiro atoms. The Morgan fingerprint density at radius 3 is 2.52 bits per heavy atom. The summed E-state index contributed by atoms with van der Waals surface area (Å²) in [5.74, 6) is 0.584. The van der Waals surface area contributed by atoms with Gasteiger partial charge in [-0.1, -0.05) is 25.4 Å². The Kier molecular flexibility index (Phi) is 5.14. The van der Waals surface area contributed by atoms with Crippen molar-refractivity contribution in [2.75, 3.05) is 5.32 Å². The minimum absolute atomic E-state index is 0.0932. The molecule has 0 aliphatic heterocycles. The molecule has 0 unspecified atom stereocenters. The number of pyridine rings is 1. The van der Waals surface area contributed by atoms with Crippen molar-refractivity contribution in [2.45, 2.75) is 19.8 Å². The minimum Gasteiger partial charge on any atom is -0.320 e. The van der Waals surface area contributed by atoms with Crippen LogP contribution in [0, 0.1) is 0 Å². The first-order valence-corrected chi connectivity index (χ1v) is 9.50. The summed E-state index contributed by atoms with van der Waals surface area (Å²) in [5, 5.41) is 7.98. The molecule has 0 radical (unpaired) electrons. The molecular weight excluding hydrogens is 388 g/mol. The quantitative estimate of drug-likeness (QED) is 0.530. The zero-order valence-electron chi connectivity index (χ0n) is 16.0. The zero-order chi connectivity index (χ0) is 20.4. The van der Waals surface area contributed by atoms with Gasteiger partial charge in [-0.3, -0.25) is 9.36 Å². The number of carbonyl (C=O) groups excluding carboxylic acids is 1. The maximum absolute atomic E-state index is 12.9. The molecule has 146 valence electrons. The van der Waals surface area contributed by atoms with Gasteiger partial charge in [0.05, 0.1) is 35.0 Å². The Morgan fingerprint density at radius 1 is 1.10 bits per heavy atom. The van der Waals surface area contributed by atoms with E-state index in [9.17, 15) is 4.79 Å². The van der Waals surface area contributed by atoms with Gasteiger partial charge >= 0.3 is 0 Å². The highest BCUT2D eigenvalue weighted by Crippen LogP contribution is 2.25. The molecule has 3 aromatic heterocycles. The van der Waals surface area contributed by atoms with Crippen LogP contribution in [-0.2, 0) is 0 Å². The van der Waals surface area contributed by atoms with Gasteiger partial charge in [0.2, 0.25) is 0 Å². The smallest absolute Gasteiger partial charge is 0.259 e. The third kappa shape index (κ3) is 3.90. The van der Waals surface area contributed by atoms with Crippen LogP contribution in [0.1, 0.15) is 35.8 Å². The Bertz CT molecular complexity index is 1120. The predicted molar refractivity (Wildman–Crippen MR) is 112 cm³/mol. The summed E-state index contributed by atoms with van der Waals surface area (Å²) >= 11 is 5.99. The number of anilines is 1. The van der Waals surface area contributed by atoms with E-state index in [1.807, 2.05) is 32.0 Å². The Hall–Kier alpha value is -3.45. The van der Waals surface area contributed by atoms with E-state index in [1.54, 1.807) is 58.6 Å². The number of rotatable bonds is 5. The second kappa shape index (κ2) is 7.89. The third-order valence-electron chi connectivity index (χ3n) is 4.44. The number of nitrogens with zero attached hydrogens (tertiary/aromatic N) is 5. The van der Waals surface area contributed by atoms with Crippen LogP contribution in [0.3, 0.4) is 0 Å². The summed E-state index contributed by atoms with van der Waals surface area (Å²) in [6.45, 7) is 4.06. The highest BCUT2D eigenvalue weighted by molar-refractivity contribution is 6.30. The van der Waals surface area contributed by atoms with E-state index in [1.165, 1.54) is 0 Å². The van der Waals surface area contributed by atoms with Crippen molar-refractivity contribution >= 4 is 23.2 Å². The summed E-state index contributed by atoms with van der Waals surface area (Å²) in [4.78, 5) is 21.3. The monoisotopic (exact) mass is 406 g/mol. The van der Waals surface area contributed by atoms with Crippen LogP contribution in [0.25, 0.3) is 11.5 Å². The number of hydrogen-bond acceptors (Lipinski definition) is 4.